The van der Waals surface area contributed by atoms with Gasteiger partial charge in [0.05, 0.1) is 6.61 Å². The van der Waals surface area contributed by atoms with Crippen molar-refractivity contribution in [1.29, 1.82) is 0 Å². The van der Waals surface area contributed by atoms with Gasteiger partial charge in [-0.15, -0.1) is 15.3 Å². The normalized spacial score (nSPS) is 20.3. The summed E-state index contributed by atoms with van der Waals surface area (Å²) in [7, 11) is 0. The van der Waals surface area contributed by atoms with E-state index in [4.69, 9.17) is 4.74 Å². The van der Waals surface area contributed by atoms with E-state index in [-0.39, 0.29) is 0 Å². The van der Waals surface area contributed by atoms with Crippen LogP contribution in [0.5, 0.6) is 5.88 Å². The van der Waals surface area contributed by atoms with Crippen LogP contribution in [0.1, 0.15) is 31.0 Å². The average Bonchev–Trinajstić information content (AvgIpc) is 3.24. The van der Waals surface area contributed by atoms with Crippen molar-refractivity contribution in [2.45, 2.75) is 25.2 Å². The molecule has 1 atom stereocenters. The van der Waals surface area contributed by atoms with Crippen molar-refractivity contribution in [3.05, 3.63) is 36.4 Å². The van der Waals surface area contributed by atoms with Gasteiger partial charge in [-0.1, -0.05) is 0 Å². The first-order chi connectivity index (χ1) is 12.4. The Labute approximate surface area is 144 Å². The number of fused-ring (bicyclic) bond motifs is 1. The van der Waals surface area contributed by atoms with Crippen LogP contribution in [0, 0.1) is 5.92 Å². The van der Waals surface area contributed by atoms with Gasteiger partial charge in [-0.3, -0.25) is 0 Å². The zero-order valence-electron chi connectivity index (χ0n) is 13.8. The van der Waals surface area contributed by atoms with Crippen molar-refractivity contribution in [3.8, 4) is 5.88 Å². The number of hydrogen-bond donors (Lipinski definition) is 0. The third kappa shape index (κ3) is 2.88. The van der Waals surface area contributed by atoms with Crippen molar-refractivity contribution < 1.29 is 4.74 Å². The van der Waals surface area contributed by atoms with E-state index in [9.17, 15) is 0 Å². The molecule has 1 unspecified atom stereocenters. The molecule has 128 valence electrons. The van der Waals surface area contributed by atoms with Gasteiger partial charge in [0.25, 0.3) is 0 Å². The summed E-state index contributed by atoms with van der Waals surface area (Å²) in [4.78, 5) is 10.8. The Morgan fingerprint density at radius 1 is 1.08 bits per heavy atom. The summed E-state index contributed by atoms with van der Waals surface area (Å²) >= 11 is 0. The highest BCUT2D eigenvalue weighted by molar-refractivity contribution is 5.38. The predicted molar refractivity (Wildman–Crippen MR) is 90.6 cm³/mol. The molecule has 5 rings (SSSR count). The first-order valence-corrected chi connectivity index (χ1v) is 8.74. The lowest BCUT2D eigenvalue weighted by Gasteiger charge is -2.16. The second kappa shape index (κ2) is 5.94. The first-order valence-electron chi connectivity index (χ1n) is 8.74. The Morgan fingerprint density at radius 2 is 1.96 bits per heavy atom. The summed E-state index contributed by atoms with van der Waals surface area (Å²) in [6.07, 6.45) is 6.98. The maximum Gasteiger partial charge on any atom is 0.231 e. The van der Waals surface area contributed by atoms with Crippen LogP contribution >= 0.6 is 0 Å². The Balaban J connectivity index is 1.24. The molecule has 0 aromatic carbocycles. The largest absolute Gasteiger partial charge is 0.476 e. The van der Waals surface area contributed by atoms with Gasteiger partial charge in [0, 0.05) is 43.4 Å². The van der Waals surface area contributed by atoms with Crippen molar-refractivity contribution in [3.63, 3.8) is 0 Å². The summed E-state index contributed by atoms with van der Waals surface area (Å²) in [5, 5.41) is 13.0. The smallest absolute Gasteiger partial charge is 0.231 e. The van der Waals surface area contributed by atoms with E-state index in [0.29, 0.717) is 24.3 Å². The van der Waals surface area contributed by atoms with Crippen LogP contribution in [0.2, 0.25) is 0 Å². The van der Waals surface area contributed by atoms with Crippen molar-refractivity contribution in [1.82, 2.24) is 29.8 Å². The number of aromatic nitrogens is 6. The van der Waals surface area contributed by atoms with E-state index in [1.807, 2.05) is 22.7 Å². The molecule has 0 bridgehead atoms. The molecular formula is C17H19N7O. The SMILES string of the molecule is c1cnc(N2CCC(COc3ccc4nnc(C5CC5)n4n3)C2)nc1. The van der Waals surface area contributed by atoms with Crippen LogP contribution < -0.4 is 9.64 Å². The van der Waals surface area contributed by atoms with Crippen molar-refractivity contribution >= 4 is 11.6 Å². The van der Waals surface area contributed by atoms with E-state index >= 15 is 0 Å². The average molecular weight is 337 g/mol. The molecule has 0 radical (unpaired) electrons. The topological polar surface area (TPSA) is 81.3 Å². The summed E-state index contributed by atoms with van der Waals surface area (Å²) in [5.41, 5.74) is 0.780. The third-order valence-electron chi connectivity index (χ3n) is 4.79. The fourth-order valence-corrected chi connectivity index (χ4v) is 3.27. The van der Waals surface area contributed by atoms with Gasteiger partial charge < -0.3 is 9.64 Å². The van der Waals surface area contributed by atoms with Crippen LogP contribution in [-0.4, -0.2) is 49.5 Å². The minimum Gasteiger partial charge on any atom is -0.476 e. The van der Waals surface area contributed by atoms with E-state index < -0.39 is 0 Å². The maximum absolute atomic E-state index is 5.95. The zero-order chi connectivity index (χ0) is 16.6. The quantitative estimate of drug-likeness (QED) is 0.701. The lowest BCUT2D eigenvalue weighted by atomic mass is 10.1. The molecule has 4 heterocycles. The van der Waals surface area contributed by atoms with Crippen LogP contribution in [0.4, 0.5) is 5.95 Å². The molecule has 3 aromatic rings. The lowest BCUT2D eigenvalue weighted by Crippen LogP contribution is -2.23. The summed E-state index contributed by atoms with van der Waals surface area (Å²) in [6.45, 7) is 2.51. The molecule has 2 aliphatic rings. The molecule has 0 amide bonds. The molecule has 0 N–H and O–H groups in total. The van der Waals surface area contributed by atoms with Gasteiger partial charge in [-0.05, 0) is 31.4 Å². The third-order valence-corrected chi connectivity index (χ3v) is 4.79. The fraction of sp³-hybridized carbons (Fsp3) is 0.471. The second-order valence-electron chi connectivity index (χ2n) is 6.73. The zero-order valence-corrected chi connectivity index (χ0v) is 13.8. The highest BCUT2D eigenvalue weighted by Gasteiger charge is 2.29. The molecular weight excluding hydrogens is 318 g/mol. The molecule has 1 saturated carbocycles. The van der Waals surface area contributed by atoms with E-state index in [0.717, 1.165) is 36.9 Å². The predicted octanol–water partition coefficient (Wildman–Crippen LogP) is 1.70. The number of rotatable bonds is 5. The van der Waals surface area contributed by atoms with Gasteiger partial charge >= 0.3 is 0 Å². The van der Waals surface area contributed by atoms with Gasteiger partial charge in [0.2, 0.25) is 11.8 Å². The fourth-order valence-electron chi connectivity index (χ4n) is 3.27. The Kier molecular flexibility index (Phi) is 3.46. The standard InChI is InChI=1S/C17H19N7O/c1-7-18-17(19-8-1)23-9-6-12(10-23)11-25-15-5-4-14-20-21-16(13-2-3-13)24(14)22-15/h1,4-5,7-8,12-13H,2-3,6,9-11H2. The minimum absolute atomic E-state index is 0.449. The van der Waals surface area contributed by atoms with Crippen LogP contribution in [0.3, 0.4) is 0 Å². The second-order valence-corrected chi connectivity index (χ2v) is 6.73. The molecule has 8 nitrogen and oxygen atoms in total. The highest BCUT2D eigenvalue weighted by Crippen LogP contribution is 2.38. The molecule has 0 spiro atoms. The number of hydrogen-bond acceptors (Lipinski definition) is 7. The Hall–Kier alpha value is -2.77. The van der Waals surface area contributed by atoms with Crippen molar-refractivity contribution in [2.24, 2.45) is 5.92 Å². The summed E-state index contributed by atoms with van der Waals surface area (Å²) < 4.78 is 7.78. The van der Waals surface area contributed by atoms with Gasteiger partial charge in [0.15, 0.2) is 11.5 Å². The molecule has 1 aliphatic carbocycles. The lowest BCUT2D eigenvalue weighted by molar-refractivity contribution is 0.248. The summed E-state index contributed by atoms with van der Waals surface area (Å²) in [6, 6.07) is 5.62. The molecule has 2 fully saturated rings. The summed E-state index contributed by atoms with van der Waals surface area (Å²) in [5.74, 6) is 3.33. The van der Waals surface area contributed by atoms with E-state index in [1.165, 1.54) is 12.8 Å². The maximum atomic E-state index is 5.95. The number of anilines is 1. The number of ether oxygens (including phenoxy) is 1. The molecule has 25 heavy (non-hydrogen) atoms. The van der Waals surface area contributed by atoms with Gasteiger partial charge in [-0.25, -0.2) is 9.97 Å². The van der Waals surface area contributed by atoms with E-state index in [1.54, 1.807) is 12.4 Å². The highest BCUT2D eigenvalue weighted by atomic mass is 16.5. The van der Waals surface area contributed by atoms with E-state index in [2.05, 4.69) is 30.2 Å². The first kappa shape index (κ1) is 14.6. The van der Waals surface area contributed by atoms with Crippen LogP contribution in [0.15, 0.2) is 30.6 Å². The Bertz CT molecular complexity index is 877. The molecule has 8 heteroatoms. The van der Waals surface area contributed by atoms with Crippen LogP contribution in [-0.2, 0) is 0 Å². The van der Waals surface area contributed by atoms with Crippen molar-refractivity contribution in [2.75, 3.05) is 24.6 Å². The number of nitrogens with zero attached hydrogens (tertiary/aromatic N) is 7. The molecule has 1 saturated heterocycles. The molecule has 3 aromatic heterocycles. The van der Waals surface area contributed by atoms with Gasteiger partial charge in [-0.2, -0.15) is 4.52 Å². The minimum atomic E-state index is 0.449. The van der Waals surface area contributed by atoms with Gasteiger partial charge in [0.1, 0.15) is 0 Å². The van der Waals surface area contributed by atoms with Crippen LogP contribution in [0.25, 0.3) is 5.65 Å². The monoisotopic (exact) mass is 337 g/mol. The molecule has 1 aliphatic heterocycles. The Morgan fingerprint density at radius 3 is 2.80 bits per heavy atom.